The molecule has 0 saturated carbocycles. The minimum Gasteiger partial charge on any atom is -0.463 e. The van der Waals surface area contributed by atoms with Gasteiger partial charge in [-0.2, -0.15) is 5.26 Å². The van der Waals surface area contributed by atoms with Gasteiger partial charge in [0.1, 0.15) is 6.61 Å². The zero-order valence-corrected chi connectivity index (χ0v) is 6.25. The van der Waals surface area contributed by atoms with Crippen LogP contribution in [-0.4, -0.2) is 37.1 Å². The van der Waals surface area contributed by atoms with Gasteiger partial charge < -0.3 is 4.74 Å². The molecule has 1 saturated heterocycles. The topological polar surface area (TPSA) is 53.3 Å². The molecule has 0 N–H and O–H groups in total. The first-order chi connectivity index (χ1) is 5.33. The van der Waals surface area contributed by atoms with Crippen LogP contribution in [0.15, 0.2) is 0 Å². The van der Waals surface area contributed by atoms with Crippen LogP contribution in [-0.2, 0) is 9.53 Å². The van der Waals surface area contributed by atoms with Crippen molar-refractivity contribution in [2.75, 3.05) is 26.2 Å². The van der Waals surface area contributed by atoms with Gasteiger partial charge in [-0.15, -0.1) is 0 Å². The summed E-state index contributed by atoms with van der Waals surface area (Å²) in [5, 5.41) is 8.27. The largest absolute Gasteiger partial charge is 0.463 e. The van der Waals surface area contributed by atoms with Crippen LogP contribution in [0, 0.1) is 11.3 Å². The number of nitriles is 1. The van der Waals surface area contributed by atoms with Crippen molar-refractivity contribution in [1.29, 1.82) is 5.26 Å². The number of morpholine rings is 1. The van der Waals surface area contributed by atoms with Crippen molar-refractivity contribution in [3.63, 3.8) is 0 Å². The summed E-state index contributed by atoms with van der Waals surface area (Å²) in [6, 6.07) is 2.04. The lowest BCUT2D eigenvalue weighted by Gasteiger charge is -2.24. The van der Waals surface area contributed by atoms with Crippen molar-refractivity contribution < 1.29 is 9.53 Å². The summed E-state index contributed by atoms with van der Waals surface area (Å²) in [6.45, 7) is 2.23. The number of nitrogens with zero attached hydrogens (tertiary/aromatic N) is 2. The van der Waals surface area contributed by atoms with Crippen LogP contribution >= 0.6 is 0 Å². The monoisotopic (exact) mass is 154 g/mol. The second-order valence-corrected chi connectivity index (χ2v) is 2.40. The van der Waals surface area contributed by atoms with Gasteiger partial charge >= 0.3 is 5.97 Å². The van der Waals surface area contributed by atoms with Gasteiger partial charge in [0.2, 0.25) is 0 Å². The SMILES string of the molecule is N#CCCN1CCOC(=O)C1. The second kappa shape index (κ2) is 3.94. The molecule has 1 rings (SSSR count). The molecule has 0 aromatic carbocycles. The van der Waals surface area contributed by atoms with E-state index in [0.29, 0.717) is 26.1 Å². The van der Waals surface area contributed by atoms with E-state index in [-0.39, 0.29) is 5.97 Å². The summed E-state index contributed by atoms with van der Waals surface area (Å²) in [5.41, 5.74) is 0. The van der Waals surface area contributed by atoms with Crippen LogP contribution in [0.25, 0.3) is 0 Å². The Bertz CT molecular complexity index is 185. The van der Waals surface area contributed by atoms with Crippen LogP contribution in [0.4, 0.5) is 0 Å². The summed E-state index contributed by atoms with van der Waals surface area (Å²) in [4.78, 5) is 12.6. The van der Waals surface area contributed by atoms with Crippen molar-refractivity contribution >= 4 is 5.97 Å². The maximum absolute atomic E-state index is 10.7. The lowest BCUT2D eigenvalue weighted by atomic mass is 10.3. The predicted molar refractivity (Wildman–Crippen MR) is 37.6 cm³/mol. The number of rotatable bonds is 2. The number of hydrogen-bond donors (Lipinski definition) is 0. The lowest BCUT2D eigenvalue weighted by Crippen LogP contribution is -2.39. The van der Waals surface area contributed by atoms with E-state index in [0.717, 1.165) is 6.54 Å². The van der Waals surface area contributed by atoms with Crippen molar-refractivity contribution in [3.05, 3.63) is 0 Å². The zero-order chi connectivity index (χ0) is 8.10. The summed E-state index contributed by atoms with van der Waals surface area (Å²) < 4.78 is 4.72. The Labute approximate surface area is 65.4 Å². The number of hydrogen-bond acceptors (Lipinski definition) is 4. The van der Waals surface area contributed by atoms with Gasteiger partial charge in [0.05, 0.1) is 12.6 Å². The molecule has 0 bridgehead atoms. The average Bonchev–Trinajstić information content (AvgIpc) is 2.01. The van der Waals surface area contributed by atoms with Gasteiger partial charge in [-0.1, -0.05) is 0 Å². The molecule has 60 valence electrons. The van der Waals surface area contributed by atoms with Gasteiger partial charge in [-0.3, -0.25) is 9.69 Å². The van der Waals surface area contributed by atoms with E-state index in [2.05, 4.69) is 0 Å². The van der Waals surface area contributed by atoms with Crippen LogP contribution in [0.2, 0.25) is 0 Å². The molecule has 0 radical (unpaired) electrons. The lowest BCUT2D eigenvalue weighted by molar-refractivity contribution is -0.150. The highest BCUT2D eigenvalue weighted by molar-refractivity contribution is 5.72. The Morgan fingerprint density at radius 2 is 2.55 bits per heavy atom. The van der Waals surface area contributed by atoms with E-state index in [9.17, 15) is 4.79 Å². The standard InChI is InChI=1S/C7H10N2O2/c8-2-1-3-9-4-5-11-7(10)6-9/h1,3-6H2. The van der Waals surface area contributed by atoms with Crippen molar-refractivity contribution in [1.82, 2.24) is 4.90 Å². The minimum atomic E-state index is -0.186. The Hall–Kier alpha value is -1.08. The third-order valence-electron chi connectivity index (χ3n) is 1.56. The zero-order valence-electron chi connectivity index (χ0n) is 6.25. The molecule has 0 aromatic rings. The fourth-order valence-corrected chi connectivity index (χ4v) is 0.995. The summed E-state index contributed by atoms with van der Waals surface area (Å²) >= 11 is 0. The van der Waals surface area contributed by atoms with E-state index in [1.54, 1.807) is 0 Å². The van der Waals surface area contributed by atoms with E-state index in [1.165, 1.54) is 0 Å². The van der Waals surface area contributed by atoms with E-state index in [1.807, 2.05) is 11.0 Å². The molecule has 4 heteroatoms. The van der Waals surface area contributed by atoms with Gasteiger partial charge in [0, 0.05) is 19.5 Å². The van der Waals surface area contributed by atoms with E-state index >= 15 is 0 Å². The fourth-order valence-electron chi connectivity index (χ4n) is 0.995. The predicted octanol–water partition coefficient (Wildman–Crippen LogP) is -0.241. The Morgan fingerprint density at radius 3 is 3.18 bits per heavy atom. The van der Waals surface area contributed by atoms with Crippen LogP contribution in [0.1, 0.15) is 6.42 Å². The highest BCUT2D eigenvalue weighted by Crippen LogP contribution is 1.98. The molecule has 0 aromatic heterocycles. The molecule has 0 amide bonds. The molecule has 0 atom stereocenters. The quantitative estimate of drug-likeness (QED) is 0.515. The first-order valence-corrected chi connectivity index (χ1v) is 3.58. The number of carbonyl (C=O) groups is 1. The van der Waals surface area contributed by atoms with E-state index in [4.69, 9.17) is 10.00 Å². The molecular formula is C7H10N2O2. The third-order valence-corrected chi connectivity index (χ3v) is 1.56. The first kappa shape index (κ1) is 8.02. The van der Waals surface area contributed by atoms with Gasteiger partial charge in [-0.05, 0) is 0 Å². The van der Waals surface area contributed by atoms with Crippen molar-refractivity contribution in [2.24, 2.45) is 0 Å². The van der Waals surface area contributed by atoms with Crippen LogP contribution in [0.3, 0.4) is 0 Å². The maximum Gasteiger partial charge on any atom is 0.320 e. The Balaban J connectivity index is 2.24. The molecule has 1 heterocycles. The molecule has 0 aliphatic carbocycles. The molecule has 0 spiro atoms. The summed E-state index contributed by atoms with van der Waals surface area (Å²) in [7, 11) is 0. The number of esters is 1. The molecule has 0 unspecified atom stereocenters. The highest BCUT2D eigenvalue weighted by Gasteiger charge is 2.16. The Kier molecular flexibility index (Phi) is 2.87. The smallest absolute Gasteiger partial charge is 0.320 e. The summed E-state index contributed by atoms with van der Waals surface area (Å²) in [6.07, 6.45) is 0.479. The van der Waals surface area contributed by atoms with Crippen molar-refractivity contribution in [2.45, 2.75) is 6.42 Å². The van der Waals surface area contributed by atoms with Gasteiger partial charge in [-0.25, -0.2) is 0 Å². The number of ether oxygens (including phenoxy) is 1. The van der Waals surface area contributed by atoms with Gasteiger partial charge in [0.25, 0.3) is 0 Å². The van der Waals surface area contributed by atoms with Crippen molar-refractivity contribution in [3.8, 4) is 6.07 Å². The first-order valence-electron chi connectivity index (χ1n) is 3.58. The molecule has 4 nitrogen and oxygen atoms in total. The normalized spacial score (nSPS) is 19.0. The maximum atomic E-state index is 10.7. The second-order valence-electron chi connectivity index (χ2n) is 2.40. The van der Waals surface area contributed by atoms with Crippen LogP contribution < -0.4 is 0 Å². The molecule has 1 fully saturated rings. The van der Waals surface area contributed by atoms with Crippen LogP contribution in [0.5, 0.6) is 0 Å². The third kappa shape index (κ3) is 2.56. The number of carbonyl (C=O) groups excluding carboxylic acids is 1. The molecular weight excluding hydrogens is 144 g/mol. The number of cyclic esters (lactones) is 1. The summed E-state index contributed by atoms with van der Waals surface area (Å²) in [5.74, 6) is -0.186. The van der Waals surface area contributed by atoms with E-state index < -0.39 is 0 Å². The molecule has 1 aliphatic heterocycles. The Morgan fingerprint density at radius 1 is 1.73 bits per heavy atom. The fraction of sp³-hybridized carbons (Fsp3) is 0.714. The highest BCUT2D eigenvalue weighted by atomic mass is 16.5. The average molecular weight is 154 g/mol. The minimum absolute atomic E-state index is 0.186. The molecule has 11 heavy (non-hydrogen) atoms. The van der Waals surface area contributed by atoms with Gasteiger partial charge in [0.15, 0.2) is 0 Å². The molecule has 1 aliphatic rings.